The van der Waals surface area contributed by atoms with E-state index in [1.54, 1.807) is 0 Å². The van der Waals surface area contributed by atoms with Gasteiger partial charge in [-0.05, 0) is 40.3 Å². The molecule has 0 N–H and O–H groups in total. The predicted molar refractivity (Wildman–Crippen MR) is 66.7 cm³/mol. The summed E-state index contributed by atoms with van der Waals surface area (Å²) in [5.41, 5.74) is 0.895. The van der Waals surface area contributed by atoms with Gasteiger partial charge in [-0.2, -0.15) is 0 Å². The van der Waals surface area contributed by atoms with Crippen molar-refractivity contribution in [3.05, 3.63) is 32.4 Å². The molecule has 1 aromatic carbocycles. The number of carbonyl (C=O) groups excluding carboxylic acids is 1. The molecule has 70 valence electrons. The molecular weight excluding hydrogens is 366 g/mol. The Morgan fingerprint density at radius 1 is 1.54 bits per heavy atom. The highest BCUT2D eigenvalue weighted by Crippen LogP contribution is 2.19. The van der Waals surface area contributed by atoms with Crippen molar-refractivity contribution >= 4 is 55.9 Å². The van der Waals surface area contributed by atoms with Gasteiger partial charge in [-0.15, -0.1) is 0 Å². The minimum absolute atomic E-state index is 0.142. The van der Waals surface area contributed by atoms with Gasteiger partial charge in [0.1, 0.15) is 5.78 Å². The topological polar surface area (TPSA) is 17.1 Å². The molecule has 0 saturated carbocycles. The summed E-state index contributed by atoms with van der Waals surface area (Å²) in [5, 5.41) is 1.05. The second-order valence-electron chi connectivity index (χ2n) is 2.58. The smallest absolute Gasteiger partial charge is 0.147 e. The molecule has 1 aromatic rings. The van der Waals surface area contributed by atoms with Gasteiger partial charge in [-0.3, -0.25) is 4.79 Å². The molecule has 0 bridgehead atoms. The quantitative estimate of drug-likeness (QED) is 0.586. The number of rotatable bonds is 3. The molecule has 0 unspecified atom stereocenters. The van der Waals surface area contributed by atoms with Gasteiger partial charge in [-0.1, -0.05) is 33.6 Å². The molecule has 0 radical (unpaired) electrons. The summed E-state index contributed by atoms with van der Waals surface area (Å²) in [6, 6.07) is 5.70. The van der Waals surface area contributed by atoms with Gasteiger partial charge < -0.3 is 0 Å². The third kappa shape index (κ3) is 3.56. The summed E-state index contributed by atoms with van der Waals surface area (Å²) in [6.45, 7) is 0. The molecule has 0 heterocycles. The maximum Gasteiger partial charge on any atom is 0.147 e. The molecule has 0 spiro atoms. The Kier molecular flexibility index (Phi) is 4.69. The molecule has 13 heavy (non-hydrogen) atoms. The van der Waals surface area contributed by atoms with E-state index in [-0.39, 0.29) is 5.78 Å². The van der Waals surface area contributed by atoms with Crippen molar-refractivity contribution in [2.75, 3.05) is 5.33 Å². The fourth-order valence-corrected chi connectivity index (χ4v) is 2.05. The van der Waals surface area contributed by atoms with E-state index in [2.05, 4.69) is 38.5 Å². The Morgan fingerprint density at radius 3 is 2.77 bits per heavy atom. The third-order valence-electron chi connectivity index (χ3n) is 1.55. The molecule has 0 amide bonds. The van der Waals surface area contributed by atoms with Gasteiger partial charge in [0.15, 0.2) is 0 Å². The zero-order valence-corrected chi connectivity index (χ0v) is 11.2. The minimum Gasteiger partial charge on any atom is -0.298 e. The van der Waals surface area contributed by atoms with E-state index in [0.29, 0.717) is 16.8 Å². The van der Waals surface area contributed by atoms with Crippen molar-refractivity contribution < 1.29 is 4.79 Å². The Bertz CT molecular complexity index is 327. The predicted octanol–water partition coefficient (Wildman–Crippen LogP) is 3.45. The van der Waals surface area contributed by atoms with E-state index >= 15 is 0 Å². The van der Waals surface area contributed by atoms with Gasteiger partial charge in [0.05, 0.1) is 5.33 Å². The molecule has 0 aliphatic carbocycles. The van der Waals surface area contributed by atoms with Crippen LogP contribution in [0, 0.1) is 3.57 Å². The molecule has 1 nitrogen and oxygen atoms in total. The van der Waals surface area contributed by atoms with Crippen molar-refractivity contribution in [2.24, 2.45) is 0 Å². The lowest BCUT2D eigenvalue weighted by Crippen LogP contribution is -2.03. The van der Waals surface area contributed by atoms with Crippen LogP contribution < -0.4 is 0 Å². The molecular formula is C9H7BrClIO. The Balaban J connectivity index is 2.83. The van der Waals surface area contributed by atoms with E-state index in [1.807, 2.05) is 18.2 Å². The van der Waals surface area contributed by atoms with Gasteiger partial charge in [0.25, 0.3) is 0 Å². The lowest BCUT2D eigenvalue weighted by atomic mass is 10.1. The normalized spacial score (nSPS) is 10.1. The van der Waals surface area contributed by atoms with Crippen LogP contribution in [-0.4, -0.2) is 11.1 Å². The van der Waals surface area contributed by atoms with Crippen molar-refractivity contribution in [1.82, 2.24) is 0 Å². The number of alkyl halides is 1. The summed E-state index contributed by atoms with van der Waals surface area (Å²) < 4.78 is 1.08. The SMILES string of the molecule is O=C(CBr)Cc1ccc(I)cc1Cl. The van der Waals surface area contributed by atoms with E-state index in [0.717, 1.165) is 9.13 Å². The van der Waals surface area contributed by atoms with Crippen LogP contribution in [-0.2, 0) is 11.2 Å². The van der Waals surface area contributed by atoms with Gasteiger partial charge >= 0.3 is 0 Å². The van der Waals surface area contributed by atoms with Crippen LogP contribution in [0.3, 0.4) is 0 Å². The van der Waals surface area contributed by atoms with Gasteiger partial charge in [0.2, 0.25) is 0 Å². The molecule has 0 aliphatic rings. The molecule has 0 aliphatic heterocycles. The van der Waals surface area contributed by atoms with E-state index in [4.69, 9.17) is 11.6 Å². The first-order valence-corrected chi connectivity index (χ1v) is 6.23. The van der Waals surface area contributed by atoms with Crippen LogP contribution in [0.4, 0.5) is 0 Å². The number of Topliss-reactive ketones (excluding diaryl/α,β-unsaturated/α-hetero) is 1. The molecule has 4 heteroatoms. The fourth-order valence-electron chi connectivity index (χ4n) is 0.925. The van der Waals surface area contributed by atoms with Crippen molar-refractivity contribution in [1.29, 1.82) is 0 Å². The van der Waals surface area contributed by atoms with Gasteiger partial charge in [0, 0.05) is 15.0 Å². The summed E-state index contributed by atoms with van der Waals surface area (Å²) in [7, 11) is 0. The summed E-state index contributed by atoms with van der Waals surface area (Å²) in [6.07, 6.45) is 0.404. The maximum atomic E-state index is 11.1. The van der Waals surface area contributed by atoms with E-state index in [1.165, 1.54) is 0 Å². The lowest BCUT2D eigenvalue weighted by Gasteiger charge is -2.02. The average molecular weight is 373 g/mol. The monoisotopic (exact) mass is 372 g/mol. The number of hydrogen-bond acceptors (Lipinski definition) is 1. The molecule has 0 aromatic heterocycles. The number of ketones is 1. The van der Waals surface area contributed by atoms with E-state index < -0.39 is 0 Å². The average Bonchev–Trinajstić information content (AvgIpc) is 2.09. The lowest BCUT2D eigenvalue weighted by molar-refractivity contribution is -0.115. The zero-order chi connectivity index (χ0) is 9.84. The highest BCUT2D eigenvalue weighted by atomic mass is 127. The highest BCUT2D eigenvalue weighted by molar-refractivity contribution is 14.1. The Hall–Kier alpha value is 0.390. The van der Waals surface area contributed by atoms with Crippen molar-refractivity contribution in [3.8, 4) is 0 Å². The summed E-state index contributed by atoms with van der Waals surface area (Å²) in [5.74, 6) is 0.142. The van der Waals surface area contributed by atoms with Crippen LogP contribution in [0.5, 0.6) is 0 Å². The molecule has 1 rings (SSSR count). The van der Waals surface area contributed by atoms with Crippen molar-refractivity contribution in [2.45, 2.75) is 6.42 Å². The standard InChI is InChI=1S/C9H7BrClIO/c10-5-8(13)3-6-1-2-7(12)4-9(6)11/h1-2,4H,3,5H2. The van der Waals surface area contributed by atoms with Crippen LogP contribution >= 0.6 is 50.1 Å². The van der Waals surface area contributed by atoms with Crippen LogP contribution in [0.15, 0.2) is 18.2 Å². The first-order valence-electron chi connectivity index (χ1n) is 3.65. The number of hydrogen-bond donors (Lipinski definition) is 0. The summed E-state index contributed by atoms with van der Waals surface area (Å²) in [4.78, 5) is 11.1. The highest BCUT2D eigenvalue weighted by Gasteiger charge is 2.05. The fraction of sp³-hybridized carbons (Fsp3) is 0.222. The first kappa shape index (κ1) is 11.5. The Morgan fingerprint density at radius 2 is 2.23 bits per heavy atom. The van der Waals surface area contributed by atoms with E-state index in [9.17, 15) is 4.79 Å². The zero-order valence-electron chi connectivity index (χ0n) is 6.69. The Labute approximate surface area is 104 Å². The second-order valence-corrected chi connectivity index (χ2v) is 4.80. The summed E-state index contributed by atoms with van der Waals surface area (Å²) >= 11 is 11.3. The molecule has 0 fully saturated rings. The molecule has 0 saturated heterocycles. The van der Waals surface area contributed by atoms with Gasteiger partial charge in [-0.25, -0.2) is 0 Å². The number of halogens is 3. The largest absolute Gasteiger partial charge is 0.298 e. The first-order chi connectivity index (χ1) is 6.13. The van der Waals surface area contributed by atoms with Crippen LogP contribution in [0.2, 0.25) is 5.02 Å². The third-order valence-corrected chi connectivity index (χ3v) is 3.20. The maximum absolute atomic E-state index is 11.1. The minimum atomic E-state index is 0.142. The molecule has 0 atom stereocenters. The number of benzene rings is 1. The van der Waals surface area contributed by atoms with Crippen molar-refractivity contribution in [3.63, 3.8) is 0 Å². The van der Waals surface area contributed by atoms with Crippen LogP contribution in [0.1, 0.15) is 5.56 Å². The number of carbonyl (C=O) groups is 1. The second kappa shape index (κ2) is 5.32. The van der Waals surface area contributed by atoms with Crippen LogP contribution in [0.25, 0.3) is 0 Å².